The van der Waals surface area contributed by atoms with Crippen molar-refractivity contribution in [2.24, 2.45) is 0 Å². The van der Waals surface area contributed by atoms with Crippen LogP contribution in [-0.4, -0.2) is 30.6 Å². The third-order valence-electron chi connectivity index (χ3n) is 3.51. The minimum Gasteiger partial charge on any atom is -0.548 e. The van der Waals surface area contributed by atoms with Crippen molar-refractivity contribution < 1.29 is 24.2 Å². The molecular weight excluding hydrogens is 336 g/mol. The van der Waals surface area contributed by atoms with Gasteiger partial charge in [-0.25, -0.2) is 4.79 Å². The lowest BCUT2D eigenvalue weighted by atomic mass is 10.1. The summed E-state index contributed by atoms with van der Waals surface area (Å²) in [6.45, 7) is -0.323. The number of carbonyl (C=O) groups excluding carboxylic acids is 3. The van der Waals surface area contributed by atoms with Gasteiger partial charge in [-0.1, -0.05) is 60.7 Å². The molecule has 2 rings (SSSR count). The molecule has 0 aromatic heterocycles. The topological polar surface area (TPSA) is 108 Å². The molecule has 0 saturated carbocycles. The van der Waals surface area contributed by atoms with Crippen molar-refractivity contribution in [1.29, 1.82) is 0 Å². The predicted molar refractivity (Wildman–Crippen MR) is 91.7 cm³/mol. The summed E-state index contributed by atoms with van der Waals surface area (Å²) in [5.41, 5.74) is 1.56. The molecule has 0 fully saturated rings. The van der Waals surface area contributed by atoms with Gasteiger partial charge in [0.25, 0.3) is 0 Å². The molecule has 0 aliphatic carbocycles. The molecule has 2 aromatic carbocycles. The molecule has 7 nitrogen and oxygen atoms in total. The molecule has 0 radical (unpaired) electrons. The van der Waals surface area contributed by atoms with Gasteiger partial charge in [-0.3, -0.25) is 4.79 Å². The second-order valence-electron chi connectivity index (χ2n) is 5.54. The highest BCUT2D eigenvalue weighted by atomic mass is 16.5. The summed E-state index contributed by atoms with van der Waals surface area (Å²) in [6, 6.07) is 16.7. The Labute approximate surface area is 151 Å². The minimum atomic E-state index is -1.39. The maximum Gasteiger partial charge on any atom is 0.407 e. The van der Waals surface area contributed by atoms with E-state index in [4.69, 9.17) is 4.74 Å². The molecular formula is C19H19N2O5-. The standard InChI is InChI=1S/C19H20N2O5/c22-17(12-20-19(25)26-13-15-9-5-2-6-10-15)21-16(18(23)24)11-14-7-3-1-4-8-14/h1-10,16H,11-13H2,(H,20,25)(H,21,22)(H,23,24)/p-1/t16-/m1/s1. The average Bonchev–Trinajstić information content (AvgIpc) is 2.66. The highest BCUT2D eigenvalue weighted by molar-refractivity contribution is 5.86. The molecule has 136 valence electrons. The van der Waals surface area contributed by atoms with Crippen LogP contribution in [0.15, 0.2) is 60.7 Å². The first kappa shape index (κ1) is 19.0. The Morgan fingerprint density at radius 3 is 2.08 bits per heavy atom. The number of carbonyl (C=O) groups is 3. The van der Waals surface area contributed by atoms with Gasteiger partial charge in [0.15, 0.2) is 0 Å². The lowest BCUT2D eigenvalue weighted by molar-refractivity contribution is -0.308. The van der Waals surface area contributed by atoms with E-state index >= 15 is 0 Å². The quantitative estimate of drug-likeness (QED) is 0.712. The number of alkyl carbamates (subject to hydrolysis) is 1. The summed E-state index contributed by atoms with van der Waals surface area (Å²) in [7, 11) is 0. The second-order valence-corrected chi connectivity index (χ2v) is 5.54. The summed E-state index contributed by atoms with van der Waals surface area (Å²) in [4.78, 5) is 34.6. The van der Waals surface area contributed by atoms with Gasteiger partial charge in [0.2, 0.25) is 5.91 Å². The number of ether oxygens (including phenoxy) is 1. The van der Waals surface area contributed by atoms with Crippen LogP contribution in [0.2, 0.25) is 0 Å². The van der Waals surface area contributed by atoms with Crippen molar-refractivity contribution in [2.75, 3.05) is 6.54 Å². The molecule has 0 saturated heterocycles. The summed E-state index contributed by atoms with van der Waals surface area (Å²) >= 11 is 0. The van der Waals surface area contributed by atoms with Crippen LogP contribution in [0.1, 0.15) is 11.1 Å². The Hall–Kier alpha value is -3.35. The van der Waals surface area contributed by atoms with E-state index < -0.39 is 30.6 Å². The zero-order chi connectivity index (χ0) is 18.8. The first-order valence-corrected chi connectivity index (χ1v) is 8.03. The van der Waals surface area contributed by atoms with E-state index in [1.807, 2.05) is 18.2 Å². The fourth-order valence-electron chi connectivity index (χ4n) is 2.22. The zero-order valence-corrected chi connectivity index (χ0v) is 14.0. The zero-order valence-electron chi connectivity index (χ0n) is 14.0. The van der Waals surface area contributed by atoms with E-state index in [2.05, 4.69) is 10.6 Å². The predicted octanol–water partition coefficient (Wildman–Crippen LogP) is 0.390. The third-order valence-corrected chi connectivity index (χ3v) is 3.51. The largest absolute Gasteiger partial charge is 0.548 e. The Balaban J connectivity index is 1.75. The van der Waals surface area contributed by atoms with Gasteiger partial charge in [0.05, 0.1) is 12.0 Å². The monoisotopic (exact) mass is 355 g/mol. The van der Waals surface area contributed by atoms with Crippen LogP contribution in [0.3, 0.4) is 0 Å². The fraction of sp³-hybridized carbons (Fsp3) is 0.211. The first-order chi connectivity index (χ1) is 12.5. The van der Waals surface area contributed by atoms with Gasteiger partial charge in [0.1, 0.15) is 13.2 Å². The van der Waals surface area contributed by atoms with E-state index in [0.717, 1.165) is 11.1 Å². The number of hydrogen-bond donors (Lipinski definition) is 2. The molecule has 2 amide bonds. The van der Waals surface area contributed by atoms with Crippen LogP contribution in [0.4, 0.5) is 4.79 Å². The second kappa shape index (κ2) is 9.83. The SMILES string of the molecule is O=C(CNC(=O)OCc1ccccc1)N[C@H](Cc1ccccc1)C(=O)[O-]. The minimum absolute atomic E-state index is 0.0734. The third kappa shape index (κ3) is 6.64. The number of amides is 2. The number of nitrogens with one attached hydrogen (secondary N) is 2. The van der Waals surface area contributed by atoms with Crippen molar-refractivity contribution in [3.05, 3.63) is 71.8 Å². The normalized spacial score (nSPS) is 11.2. The number of aliphatic carboxylic acids is 1. The van der Waals surface area contributed by atoms with E-state index in [1.165, 1.54) is 0 Å². The molecule has 1 atom stereocenters. The Morgan fingerprint density at radius 1 is 0.923 bits per heavy atom. The number of benzene rings is 2. The molecule has 0 heterocycles. The van der Waals surface area contributed by atoms with Crippen LogP contribution in [0.25, 0.3) is 0 Å². The highest BCUT2D eigenvalue weighted by Crippen LogP contribution is 2.03. The molecule has 0 unspecified atom stereocenters. The van der Waals surface area contributed by atoms with Gasteiger partial charge >= 0.3 is 6.09 Å². The van der Waals surface area contributed by atoms with Gasteiger partial charge in [-0.15, -0.1) is 0 Å². The molecule has 0 aliphatic heterocycles. The van der Waals surface area contributed by atoms with Crippen molar-refractivity contribution in [3.63, 3.8) is 0 Å². The summed E-state index contributed by atoms with van der Waals surface area (Å²) in [6.07, 6.45) is -0.676. The first-order valence-electron chi connectivity index (χ1n) is 8.03. The maximum absolute atomic E-state index is 11.9. The smallest absolute Gasteiger partial charge is 0.407 e. The summed E-state index contributed by atoms with van der Waals surface area (Å²) < 4.78 is 4.97. The van der Waals surface area contributed by atoms with E-state index in [-0.39, 0.29) is 13.0 Å². The van der Waals surface area contributed by atoms with Gasteiger partial charge < -0.3 is 25.3 Å². The molecule has 7 heteroatoms. The van der Waals surface area contributed by atoms with Crippen molar-refractivity contribution in [3.8, 4) is 0 Å². The lowest BCUT2D eigenvalue weighted by Crippen LogP contribution is -2.51. The molecule has 2 N–H and O–H groups in total. The average molecular weight is 355 g/mol. The maximum atomic E-state index is 11.9. The number of rotatable bonds is 8. The van der Waals surface area contributed by atoms with Gasteiger partial charge in [0, 0.05) is 0 Å². The van der Waals surface area contributed by atoms with Crippen molar-refractivity contribution in [1.82, 2.24) is 10.6 Å². The molecule has 26 heavy (non-hydrogen) atoms. The Kier molecular flexibility index (Phi) is 7.17. The van der Waals surface area contributed by atoms with Crippen LogP contribution in [0, 0.1) is 0 Å². The van der Waals surface area contributed by atoms with Gasteiger partial charge in [-0.05, 0) is 17.5 Å². The van der Waals surface area contributed by atoms with Crippen LogP contribution < -0.4 is 15.7 Å². The van der Waals surface area contributed by atoms with E-state index in [0.29, 0.717) is 0 Å². The van der Waals surface area contributed by atoms with Crippen molar-refractivity contribution in [2.45, 2.75) is 19.1 Å². The summed E-state index contributed by atoms with van der Waals surface area (Å²) in [5.74, 6) is -2.04. The molecule has 2 aromatic rings. The molecule has 0 bridgehead atoms. The van der Waals surface area contributed by atoms with Crippen LogP contribution in [-0.2, 0) is 27.4 Å². The Morgan fingerprint density at radius 2 is 1.50 bits per heavy atom. The van der Waals surface area contributed by atoms with Crippen LogP contribution in [0.5, 0.6) is 0 Å². The molecule has 0 aliphatic rings. The number of carboxylic acids is 1. The number of hydrogen-bond acceptors (Lipinski definition) is 5. The van der Waals surface area contributed by atoms with Gasteiger partial charge in [-0.2, -0.15) is 0 Å². The number of carboxylic acid groups (broad SMARTS) is 1. The van der Waals surface area contributed by atoms with E-state index in [9.17, 15) is 19.5 Å². The van der Waals surface area contributed by atoms with Crippen LogP contribution >= 0.6 is 0 Å². The fourth-order valence-corrected chi connectivity index (χ4v) is 2.22. The Bertz CT molecular complexity index is 734. The lowest BCUT2D eigenvalue weighted by Gasteiger charge is -2.20. The molecule has 0 spiro atoms. The summed E-state index contributed by atoms with van der Waals surface area (Å²) in [5, 5.41) is 15.8. The highest BCUT2D eigenvalue weighted by Gasteiger charge is 2.15. The van der Waals surface area contributed by atoms with Crippen molar-refractivity contribution >= 4 is 18.0 Å². The van der Waals surface area contributed by atoms with E-state index in [1.54, 1.807) is 42.5 Å².